The third kappa shape index (κ3) is 8.37. The molecule has 5 aromatic rings. The van der Waals surface area contributed by atoms with Crippen LogP contribution in [0.15, 0.2) is 81.4 Å². The Balaban J connectivity index is 0.00000215. The molecule has 0 spiro atoms. The molecule has 0 bridgehead atoms. The summed E-state index contributed by atoms with van der Waals surface area (Å²) >= 11 is 5.79. The summed E-state index contributed by atoms with van der Waals surface area (Å²) in [6.45, 7) is 0. The normalized spacial score (nSPS) is 12.1. The summed E-state index contributed by atoms with van der Waals surface area (Å²) in [5.74, 6) is 0. The standard InChI is InChI=1S/C24H16ClN3O9S3.3Na/c25-16-8-6-14(22(12-16)39(32,33)34)4-5-15-7-9-17(13-23(15)40(35,36)37)28-26-20-11-10-18-19(24(20)27-28)2-1-3-21(18)38(29,30)31;;;/h1-13H,(H,29,30,31)(H,32,33,34)(H,35,36,37);;;/q;3*+1/p-3. The van der Waals surface area contributed by atoms with Crippen molar-refractivity contribution in [1.82, 2.24) is 15.0 Å². The Morgan fingerprint density at radius 2 is 1.19 bits per heavy atom. The van der Waals surface area contributed by atoms with Crippen molar-refractivity contribution in [1.29, 1.82) is 0 Å². The van der Waals surface area contributed by atoms with Crippen molar-refractivity contribution in [3.63, 3.8) is 0 Å². The Bertz CT molecular complexity index is 2230. The van der Waals surface area contributed by atoms with Crippen molar-refractivity contribution in [3.8, 4) is 5.69 Å². The molecule has 1 heterocycles. The molecule has 0 atom stereocenters. The van der Waals surface area contributed by atoms with E-state index in [9.17, 15) is 38.9 Å². The predicted octanol–water partition coefficient (Wildman–Crippen LogP) is -5.88. The molecule has 1 aromatic heterocycles. The van der Waals surface area contributed by atoms with Gasteiger partial charge in [0.2, 0.25) is 0 Å². The predicted molar refractivity (Wildman–Crippen MR) is 141 cm³/mol. The fourth-order valence-electron chi connectivity index (χ4n) is 4.08. The first kappa shape index (κ1) is 38.5. The van der Waals surface area contributed by atoms with Gasteiger partial charge in [0.05, 0.1) is 20.4 Å². The number of halogens is 1. The first-order chi connectivity index (χ1) is 18.6. The van der Waals surface area contributed by atoms with Crippen molar-refractivity contribution >= 4 is 75.9 Å². The molecule has 43 heavy (non-hydrogen) atoms. The Kier molecular flexibility index (Phi) is 12.9. The summed E-state index contributed by atoms with van der Waals surface area (Å²) in [5.41, 5.74) is 0.363. The van der Waals surface area contributed by atoms with Gasteiger partial charge in [0, 0.05) is 15.8 Å². The monoisotopic (exact) mass is 687 g/mol. The van der Waals surface area contributed by atoms with Crippen LogP contribution in [0.3, 0.4) is 0 Å². The van der Waals surface area contributed by atoms with Gasteiger partial charge >= 0.3 is 88.7 Å². The maximum atomic E-state index is 12.1. The van der Waals surface area contributed by atoms with Crippen LogP contribution in [-0.2, 0) is 30.4 Å². The molecule has 0 aliphatic carbocycles. The van der Waals surface area contributed by atoms with Crippen LogP contribution in [-0.4, -0.2) is 53.9 Å². The van der Waals surface area contributed by atoms with Crippen LogP contribution in [0.25, 0.3) is 39.6 Å². The van der Waals surface area contributed by atoms with Gasteiger partial charge in [-0.05, 0) is 47.5 Å². The number of hydrogen-bond donors (Lipinski definition) is 0. The molecule has 0 saturated heterocycles. The van der Waals surface area contributed by atoms with E-state index < -0.39 is 45.0 Å². The average Bonchev–Trinajstić information content (AvgIpc) is 3.31. The molecule has 4 aromatic carbocycles. The quantitative estimate of drug-likeness (QED) is 0.0935. The van der Waals surface area contributed by atoms with Crippen LogP contribution >= 0.6 is 11.6 Å². The number of benzene rings is 4. The first-order valence-corrected chi connectivity index (χ1v) is 15.5. The minimum Gasteiger partial charge on any atom is -0.744 e. The van der Waals surface area contributed by atoms with E-state index in [1.54, 1.807) is 6.07 Å². The summed E-state index contributed by atoms with van der Waals surface area (Å²) in [5, 5.41) is 9.01. The molecule has 0 fully saturated rings. The molecule has 0 aliphatic heterocycles. The van der Waals surface area contributed by atoms with Crippen LogP contribution < -0.4 is 88.7 Å². The van der Waals surface area contributed by atoms with E-state index in [0.717, 1.165) is 35.1 Å². The summed E-state index contributed by atoms with van der Waals surface area (Å²) in [4.78, 5) is -0.725. The Morgan fingerprint density at radius 1 is 0.628 bits per heavy atom. The van der Waals surface area contributed by atoms with Crippen molar-refractivity contribution in [2.24, 2.45) is 0 Å². The van der Waals surface area contributed by atoms with E-state index in [2.05, 4.69) is 10.2 Å². The zero-order valence-electron chi connectivity index (χ0n) is 22.6. The van der Waals surface area contributed by atoms with Gasteiger partial charge in [-0.15, -0.1) is 10.2 Å². The Morgan fingerprint density at radius 3 is 1.77 bits per heavy atom. The van der Waals surface area contributed by atoms with Crippen molar-refractivity contribution in [2.75, 3.05) is 0 Å². The zero-order chi connectivity index (χ0) is 29.0. The van der Waals surface area contributed by atoms with Crippen molar-refractivity contribution in [3.05, 3.63) is 82.9 Å². The van der Waals surface area contributed by atoms with Gasteiger partial charge in [0.15, 0.2) is 0 Å². The number of nitrogens with zero attached hydrogens (tertiary/aromatic N) is 3. The molecule has 0 N–H and O–H groups in total. The van der Waals surface area contributed by atoms with E-state index in [4.69, 9.17) is 11.6 Å². The van der Waals surface area contributed by atoms with Gasteiger partial charge in [0.25, 0.3) is 0 Å². The Hall–Kier alpha value is -0.700. The number of fused-ring (bicyclic) bond motifs is 3. The van der Waals surface area contributed by atoms with Crippen LogP contribution in [0, 0.1) is 0 Å². The van der Waals surface area contributed by atoms with Crippen molar-refractivity contribution in [2.45, 2.75) is 14.7 Å². The third-order valence-electron chi connectivity index (χ3n) is 5.82. The molecule has 0 amide bonds. The van der Waals surface area contributed by atoms with Crippen LogP contribution in [0.4, 0.5) is 0 Å². The number of hydrogen-bond acceptors (Lipinski definition) is 11. The van der Waals surface area contributed by atoms with Crippen LogP contribution in [0.1, 0.15) is 11.1 Å². The molecule has 0 aliphatic rings. The second kappa shape index (κ2) is 14.4. The molecule has 0 unspecified atom stereocenters. The summed E-state index contributed by atoms with van der Waals surface area (Å²) in [6, 6.07) is 14.1. The van der Waals surface area contributed by atoms with E-state index in [1.165, 1.54) is 42.5 Å². The molecular formula is C24H13ClN3Na3O9S3. The molecule has 12 nitrogen and oxygen atoms in total. The van der Waals surface area contributed by atoms with Gasteiger partial charge < -0.3 is 13.7 Å². The minimum absolute atomic E-state index is 0. The Labute approximate surface area is 317 Å². The van der Waals surface area contributed by atoms with Crippen molar-refractivity contribution < 1.29 is 128 Å². The summed E-state index contributed by atoms with van der Waals surface area (Å²) in [7, 11) is -14.8. The molecular weight excluding hydrogens is 675 g/mol. The molecule has 19 heteroatoms. The van der Waals surface area contributed by atoms with Crippen LogP contribution in [0.5, 0.6) is 0 Å². The van der Waals surface area contributed by atoms with Gasteiger partial charge in [-0.25, -0.2) is 25.3 Å². The smallest absolute Gasteiger partial charge is 0.744 e. The first-order valence-electron chi connectivity index (χ1n) is 10.9. The number of aromatic nitrogens is 3. The SMILES string of the molecule is O=S(=O)([O-])c1cc(Cl)ccc1C=Cc1ccc(-n2nc3ccc4c(S(=O)(=O)[O-])cccc4c3n2)cc1S(=O)(=O)[O-].[Na+].[Na+].[Na+]. The largest absolute Gasteiger partial charge is 1.00 e. The second-order valence-corrected chi connectivity index (χ2v) is 12.9. The summed E-state index contributed by atoms with van der Waals surface area (Å²) < 4.78 is 106. The van der Waals surface area contributed by atoms with E-state index in [1.807, 2.05) is 0 Å². The topological polar surface area (TPSA) is 202 Å². The average molecular weight is 688 g/mol. The van der Waals surface area contributed by atoms with Gasteiger partial charge in [-0.3, -0.25) is 0 Å². The fourth-order valence-corrected chi connectivity index (χ4v) is 6.40. The van der Waals surface area contributed by atoms with Crippen LogP contribution in [0.2, 0.25) is 5.02 Å². The third-order valence-corrected chi connectivity index (χ3v) is 8.74. The second-order valence-electron chi connectivity index (χ2n) is 8.37. The maximum absolute atomic E-state index is 12.1. The summed E-state index contributed by atoms with van der Waals surface area (Å²) in [6.07, 6.45) is 2.30. The zero-order valence-corrected chi connectivity index (χ0v) is 31.8. The molecule has 0 radical (unpaired) electrons. The minimum atomic E-state index is -5.07. The van der Waals surface area contributed by atoms with Gasteiger partial charge in [-0.1, -0.05) is 54.1 Å². The van der Waals surface area contributed by atoms with Gasteiger partial charge in [0.1, 0.15) is 41.4 Å². The van der Waals surface area contributed by atoms with Gasteiger partial charge in [-0.2, -0.15) is 4.80 Å². The molecule has 0 saturated carbocycles. The maximum Gasteiger partial charge on any atom is 1.00 e. The molecule has 5 rings (SSSR count). The van der Waals surface area contributed by atoms with E-state index in [-0.39, 0.29) is 127 Å². The van der Waals surface area contributed by atoms with E-state index in [0.29, 0.717) is 5.39 Å². The fraction of sp³-hybridized carbons (Fsp3) is 0. The van der Waals surface area contributed by atoms with E-state index >= 15 is 0 Å². The molecule has 206 valence electrons. The number of rotatable bonds is 6.